The van der Waals surface area contributed by atoms with Crippen molar-refractivity contribution in [3.63, 3.8) is 0 Å². The van der Waals surface area contributed by atoms with Gasteiger partial charge in [0.15, 0.2) is 0 Å². The number of ether oxygens (including phenoxy) is 1. The van der Waals surface area contributed by atoms with Gasteiger partial charge in [-0.3, -0.25) is 24.6 Å². The first-order chi connectivity index (χ1) is 10.8. The third-order valence-corrected chi connectivity index (χ3v) is 4.83. The second-order valence-electron chi connectivity index (χ2n) is 6.11. The third-order valence-electron chi connectivity index (χ3n) is 4.83. The van der Waals surface area contributed by atoms with E-state index in [1.165, 1.54) is 32.4 Å². The molecule has 4 atom stereocenters. The van der Waals surface area contributed by atoms with Gasteiger partial charge in [-0.25, -0.2) is 4.39 Å². The van der Waals surface area contributed by atoms with Crippen LogP contribution in [0.4, 0.5) is 4.39 Å². The Hall–Kier alpha value is -2.28. The minimum atomic E-state index is -1.34. The molecule has 2 fully saturated rings. The van der Waals surface area contributed by atoms with Crippen LogP contribution in [0.15, 0.2) is 24.3 Å². The number of likely N-dealkylation sites (tertiary alicyclic amines) is 1. The van der Waals surface area contributed by atoms with E-state index in [0.29, 0.717) is 5.56 Å². The SMILES string of the molecule is COC(=O)[C@]1(C)N[C@H](c2cccc(F)c2)[C@@H]2C(=O)N(C)C(=O)[C@H]21. The average molecular weight is 320 g/mol. The van der Waals surface area contributed by atoms with E-state index < -0.39 is 41.1 Å². The predicted octanol–water partition coefficient (Wildman–Crippen LogP) is 0.633. The Labute approximate surface area is 132 Å². The third kappa shape index (κ3) is 2.07. The van der Waals surface area contributed by atoms with E-state index in [0.717, 1.165) is 4.90 Å². The van der Waals surface area contributed by atoms with E-state index >= 15 is 0 Å². The number of halogens is 1. The molecule has 23 heavy (non-hydrogen) atoms. The number of hydrogen-bond acceptors (Lipinski definition) is 5. The summed E-state index contributed by atoms with van der Waals surface area (Å²) in [4.78, 5) is 38.2. The fourth-order valence-electron chi connectivity index (χ4n) is 3.67. The molecule has 0 saturated carbocycles. The molecule has 0 radical (unpaired) electrons. The summed E-state index contributed by atoms with van der Waals surface area (Å²) in [7, 11) is 2.62. The number of nitrogens with one attached hydrogen (secondary N) is 1. The van der Waals surface area contributed by atoms with Crippen LogP contribution in [0, 0.1) is 17.7 Å². The zero-order chi connectivity index (χ0) is 16.9. The van der Waals surface area contributed by atoms with Gasteiger partial charge in [-0.1, -0.05) is 12.1 Å². The quantitative estimate of drug-likeness (QED) is 0.639. The lowest BCUT2D eigenvalue weighted by molar-refractivity contribution is -0.152. The monoisotopic (exact) mass is 320 g/mol. The lowest BCUT2D eigenvalue weighted by Crippen LogP contribution is -2.53. The van der Waals surface area contributed by atoms with Crippen LogP contribution in [0.25, 0.3) is 0 Å². The highest BCUT2D eigenvalue weighted by molar-refractivity contribution is 6.09. The lowest BCUT2D eigenvalue weighted by Gasteiger charge is -2.27. The maximum Gasteiger partial charge on any atom is 0.326 e. The van der Waals surface area contributed by atoms with Crippen molar-refractivity contribution in [3.8, 4) is 0 Å². The van der Waals surface area contributed by atoms with Gasteiger partial charge in [0.25, 0.3) is 0 Å². The molecular weight excluding hydrogens is 303 g/mol. The zero-order valence-electron chi connectivity index (χ0n) is 13.0. The Morgan fingerprint density at radius 1 is 1.35 bits per heavy atom. The topological polar surface area (TPSA) is 75.7 Å². The second-order valence-corrected chi connectivity index (χ2v) is 6.11. The summed E-state index contributed by atoms with van der Waals surface area (Å²) in [6.45, 7) is 1.54. The lowest BCUT2D eigenvalue weighted by atomic mass is 9.80. The minimum absolute atomic E-state index is 0.380. The summed E-state index contributed by atoms with van der Waals surface area (Å²) in [5, 5.41) is 3.04. The van der Waals surface area contributed by atoms with E-state index in [2.05, 4.69) is 5.32 Å². The molecule has 0 unspecified atom stereocenters. The molecule has 1 N–H and O–H groups in total. The van der Waals surface area contributed by atoms with Crippen LogP contribution < -0.4 is 5.32 Å². The largest absolute Gasteiger partial charge is 0.468 e. The van der Waals surface area contributed by atoms with Gasteiger partial charge in [-0.05, 0) is 24.6 Å². The van der Waals surface area contributed by atoms with Crippen LogP contribution in [0.2, 0.25) is 0 Å². The van der Waals surface area contributed by atoms with E-state index in [4.69, 9.17) is 4.74 Å². The fraction of sp³-hybridized carbons (Fsp3) is 0.438. The van der Waals surface area contributed by atoms with Crippen LogP contribution in [0.3, 0.4) is 0 Å². The number of hydrogen-bond donors (Lipinski definition) is 1. The number of methoxy groups -OCH3 is 1. The predicted molar refractivity (Wildman–Crippen MR) is 77.5 cm³/mol. The van der Waals surface area contributed by atoms with Crippen molar-refractivity contribution in [2.75, 3.05) is 14.2 Å². The van der Waals surface area contributed by atoms with Crippen molar-refractivity contribution < 1.29 is 23.5 Å². The molecular formula is C16H17FN2O4. The summed E-state index contributed by atoms with van der Waals surface area (Å²) < 4.78 is 18.4. The highest BCUT2D eigenvalue weighted by atomic mass is 19.1. The standard InChI is InChI=1S/C16H17FN2O4/c1-16(15(22)23-3)11-10(13(20)19(2)14(11)21)12(18-16)8-5-4-6-9(17)7-8/h4-7,10-12,18H,1-3H3/t10-,11+,12-,16-/m1/s1. The van der Waals surface area contributed by atoms with Crippen LogP contribution >= 0.6 is 0 Å². The van der Waals surface area contributed by atoms with Gasteiger partial charge in [0.05, 0.1) is 18.9 Å². The van der Waals surface area contributed by atoms with Gasteiger partial charge in [0.1, 0.15) is 11.4 Å². The summed E-state index contributed by atoms with van der Waals surface area (Å²) in [5.74, 6) is -3.52. The van der Waals surface area contributed by atoms with Crippen LogP contribution in [-0.4, -0.2) is 42.4 Å². The number of esters is 1. The van der Waals surface area contributed by atoms with Crippen molar-refractivity contribution >= 4 is 17.8 Å². The molecule has 2 saturated heterocycles. The normalized spacial score (nSPS) is 33.0. The molecule has 1 aromatic rings. The first-order valence-electron chi connectivity index (χ1n) is 7.24. The number of carbonyl (C=O) groups is 3. The van der Waals surface area contributed by atoms with Crippen molar-refractivity contribution in [2.24, 2.45) is 11.8 Å². The maximum absolute atomic E-state index is 13.6. The molecule has 7 heteroatoms. The molecule has 1 aromatic carbocycles. The van der Waals surface area contributed by atoms with Crippen LogP contribution in [0.1, 0.15) is 18.5 Å². The molecule has 3 rings (SSSR count). The van der Waals surface area contributed by atoms with Crippen molar-refractivity contribution in [1.82, 2.24) is 10.2 Å². The number of rotatable bonds is 2. The summed E-state index contributed by atoms with van der Waals surface area (Å²) >= 11 is 0. The smallest absolute Gasteiger partial charge is 0.326 e. The molecule has 0 aliphatic carbocycles. The van der Waals surface area contributed by atoms with Crippen molar-refractivity contribution in [1.29, 1.82) is 0 Å². The van der Waals surface area contributed by atoms with Crippen LogP contribution in [-0.2, 0) is 19.1 Å². The summed E-state index contributed by atoms with van der Waals surface area (Å²) in [6, 6.07) is 5.15. The molecule has 2 aliphatic heterocycles. The number of imide groups is 1. The van der Waals surface area contributed by atoms with E-state index in [9.17, 15) is 18.8 Å². The number of amides is 2. The van der Waals surface area contributed by atoms with E-state index in [-0.39, 0.29) is 5.91 Å². The molecule has 0 aromatic heterocycles. The Kier molecular flexibility index (Phi) is 3.48. The molecule has 122 valence electrons. The second kappa shape index (κ2) is 5.13. The molecule has 0 bridgehead atoms. The molecule has 2 aliphatic rings. The van der Waals surface area contributed by atoms with E-state index in [1.54, 1.807) is 13.0 Å². The Balaban J connectivity index is 2.11. The fourth-order valence-corrected chi connectivity index (χ4v) is 3.67. The van der Waals surface area contributed by atoms with Crippen LogP contribution in [0.5, 0.6) is 0 Å². The van der Waals surface area contributed by atoms with Crippen molar-refractivity contribution in [2.45, 2.75) is 18.5 Å². The maximum atomic E-state index is 13.6. The summed E-state index contributed by atoms with van der Waals surface area (Å²) in [5.41, 5.74) is -0.822. The highest BCUT2D eigenvalue weighted by Gasteiger charge is 2.66. The summed E-state index contributed by atoms with van der Waals surface area (Å²) in [6.07, 6.45) is 0. The first-order valence-corrected chi connectivity index (χ1v) is 7.24. The number of carbonyl (C=O) groups excluding carboxylic acids is 3. The molecule has 6 nitrogen and oxygen atoms in total. The van der Waals surface area contributed by atoms with E-state index in [1.807, 2.05) is 0 Å². The molecule has 2 amide bonds. The Bertz CT molecular complexity index is 707. The van der Waals surface area contributed by atoms with Gasteiger partial charge in [-0.2, -0.15) is 0 Å². The number of benzene rings is 1. The number of nitrogens with zero attached hydrogens (tertiary/aromatic N) is 1. The zero-order valence-corrected chi connectivity index (χ0v) is 13.0. The van der Waals surface area contributed by atoms with Gasteiger partial charge in [0.2, 0.25) is 11.8 Å². The Morgan fingerprint density at radius 3 is 2.65 bits per heavy atom. The van der Waals surface area contributed by atoms with Gasteiger partial charge in [0, 0.05) is 13.1 Å². The first kappa shape index (κ1) is 15.6. The molecule has 2 heterocycles. The van der Waals surface area contributed by atoms with Gasteiger partial charge in [-0.15, -0.1) is 0 Å². The number of fused-ring (bicyclic) bond motifs is 1. The highest BCUT2D eigenvalue weighted by Crippen LogP contribution is 2.48. The Morgan fingerprint density at radius 2 is 2.04 bits per heavy atom. The average Bonchev–Trinajstić information content (AvgIpc) is 2.97. The minimum Gasteiger partial charge on any atom is -0.468 e. The molecule has 0 spiro atoms. The van der Waals surface area contributed by atoms with Gasteiger partial charge >= 0.3 is 5.97 Å². The van der Waals surface area contributed by atoms with Gasteiger partial charge < -0.3 is 4.74 Å². The van der Waals surface area contributed by atoms with Crippen molar-refractivity contribution in [3.05, 3.63) is 35.6 Å².